The van der Waals surface area contributed by atoms with Crippen LogP contribution in [0.4, 0.5) is 0 Å². The normalized spacial score (nSPS) is 14.5. The summed E-state index contributed by atoms with van der Waals surface area (Å²) in [6, 6.07) is 0.412. The fourth-order valence-electron chi connectivity index (χ4n) is 2.25. The minimum Gasteiger partial charge on any atom is -0.328 e. The highest BCUT2D eigenvalue weighted by Crippen LogP contribution is 2.15. The van der Waals surface area contributed by atoms with Gasteiger partial charge >= 0.3 is 0 Å². The van der Waals surface area contributed by atoms with Crippen molar-refractivity contribution in [1.82, 2.24) is 0 Å². The van der Waals surface area contributed by atoms with Gasteiger partial charge in [-0.25, -0.2) is 0 Å². The van der Waals surface area contributed by atoms with Crippen molar-refractivity contribution in [2.45, 2.75) is 84.1 Å². The summed E-state index contributed by atoms with van der Waals surface area (Å²) in [4.78, 5) is 0. The molecule has 0 saturated carbocycles. The zero-order valence-electron chi connectivity index (χ0n) is 12.1. The second kappa shape index (κ2) is 12.2. The molecule has 1 unspecified atom stereocenters. The molecule has 0 rings (SSSR count). The van der Waals surface area contributed by atoms with E-state index in [1.165, 1.54) is 64.2 Å². The van der Waals surface area contributed by atoms with Crippen LogP contribution in [0.1, 0.15) is 78.1 Å². The van der Waals surface area contributed by atoms with Crippen molar-refractivity contribution in [2.75, 3.05) is 0 Å². The van der Waals surface area contributed by atoms with E-state index in [1.807, 2.05) is 0 Å². The molecule has 2 N–H and O–H groups in total. The van der Waals surface area contributed by atoms with Crippen molar-refractivity contribution in [3.05, 3.63) is 12.7 Å². The van der Waals surface area contributed by atoms with Crippen LogP contribution in [0.25, 0.3) is 0 Å². The van der Waals surface area contributed by atoms with Gasteiger partial charge in [-0.2, -0.15) is 0 Å². The molecule has 0 bridgehead atoms. The van der Waals surface area contributed by atoms with Crippen molar-refractivity contribution in [3.8, 4) is 0 Å². The molecular weight excluding hydrogens is 206 g/mol. The van der Waals surface area contributed by atoms with Gasteiger partial charge in [-0.15, -0.1) is 6.58 Å². The zero-order valence-corrected chi connectivity index (χ0v) is 12.1. The maximum atomic E-state index is 6.14. The molecule has 0 spiro atoms. The van der Waals surface area contributed by atoms with Crippen molar-refractivity contribution in [3.63, 3.8) is 0 Å². The molecule has 0 aliphatic rings. The zero-order chi connectivity index (χ0) is 12.9. The second-order valence-corrected chi connectivity index (χ2v) is 5.30. The lowest BCUT2D eigenvalue weighted by atomic mass is 9.95. The monoisotopic (exact) mass is 239 g/mol. The third-order valence-corrected chi connectivity index (χ3v) is 3.69. The Morgan fingerprint density at radius 1 is 0.941 bits per heavy atom. The lowest BCUT2D eigenvalue weighted by Gasteiger charge is -2.14. The quantitative estimate of drug-likeness (QED) is 0.374. The summed E-state index contributed by atoms with van der Waals surface area (Å²) in [5.41, 5.74) is 6.14. The van der Waals surface area contributed by atoms with Gasteiger partial charge in [-0.3, -0.25) is 0 Å². The predicted octanol–water partition coefficient (Wildman–Crippen LogP) is 5.06. The molecule has 0 aliphatic heterocycles. The Labute approximate surface area is 109 Å². The third-order valence-electron chi connectivity index (χ3n) is 3.69. The first-order valence-corrected chi connectivity index (χ1v) is 7.62. The van der Waals surface area contributed by atoms with Crippen LogP contribution >= 0.6 is 0 Å². The molecule has 102 valence electrons. The standard InChI is InChI=1S/C16H33N/c1-4-7-8-9-10-11-12-16(17)14-13-15(5-2)6-3/h5,15-16H,2,4,6-14,17H2,1,3H3/t15?,16-/m0/s1. The maximum Gasteiger partial charge on any atom is 0.00390 e. The number of rotatable bonds is 12. The average Bonchev–Trinajstić information content (AvgIpc) is 2.35. The van der Waals surface area contributed by atoms with Gasteiger partial charge in [0.25, 0.3) is 0 Å². The lowest BCUT2D eigenvalue weighted by molar-refractivity contribution is 0.457. The Balaban J connectivity index is 3.33. The van der Waals surface area contributed by atoms with E-state index in [0.717, 1.165) is 0 Å². The molecular formula is C16H33N. The van der Waals surface area contributed by atoms with E-state index in [2.05, 4.69) is 26.5 Å². The Hall–Kier alpha value is -0.300. The number of hydrogen-bond donors (Lipinski definition) is 1. The molecule has 2 atom stereocenters. The van der Waals surface area contributed by atoms with Crippen LogP contribution in [0.2, 0.25) is 0 Å². The summed E-state index contributed by atoms with van der Waals surface area (Å²) in [6.45, 7) is 8.36. The summed E-state index contributed by atoms with van der Waals surface area (Å²) < 4.78 is 0. The van der Waals surface area contributed by atoms with E-state index < -0.39 is 0 Å². The van der Waals surface area contributed by atoms with Gasteiger partial charge in [0.15, 0.2) is 0 Å². The summed E-state index contributed by atoms with van der Waals surface area (Å²) in [7, 11) is 0. The van der Waals surface area contributed by atoms with Gasteiger partial charge in [0, 0.05) is 6.04 Å². The van der Waals surface area contributed by atoms with E-state index in [4.69, 9.17) is 5.73 Å². The van der Waals surface area contributed by atoms with E-state index in [-0.39, 0.29) is 0 Å². The largest absolute Gasteiger partial charge is 0.328 e. The van der Waals surface area contributed by atoms with Crippen LogP contribution in [0.15, 0.2) is 12.7 Å². The van der Waals surface area contributed by atoms with Crippen LogP contribution in [-0.4, -0.2) is 6.04 Å². The van der Waals surface area contributed by atoms with Crippen molar-refractivity contribution in [1.29, 1.82) is 0 Å². The van der Waals surface area contributed by atoms with Crippen LogP contribution in [0.3, 0.4) is 0 Å². The molecule has 0 saturated heterocycles. The first-order chi connectivity index (χ1) is 8.24. The molecule has 0 aromatic heterocycles. The van der Waals surface area contributed by atoms with Gasteiger partial charge in [-0.1, -0.05) is 58.4 Å². The van der Waals surface area contributed by atoms with Gasteiger partial charge in [0.1, 0.15) is 0 Å². The fourth-order valence-corrected chi connectivity index (χ4v) is 2.25. The van der Waals surface area contributed by atoms with Crippen molar-refractivity contribution in [2.24, 2.45) is 11.7 Å². The first-order valence-electron chi connectivity index (χ1n) is 7.62. The van der Waals surface area contributed by atoms with Gasteiger partial charge < -0.3 is 5.73 Å². The van der Waals surface area contributed by atoms with Crippen LogP contribution in [0, 0.1) is 5.92 Å². The molecule has 0 heterocycles. The van der Waals surface area contributed by atoms with E-state index in [1.54, 1.807) is 0 Å². The number of nitrogens with two attached hydrogens (primary N) is 1. The number of unbranched alkanes of at least 4 members (excludes halogenated alkanes) is 5. The van der Waals surface area contributed by atoms with Crippen LogP contribution in [0.5, 0.6) is 0 Å². The van der Waals surface area contributed by atoms with E-state index in [0.29, 0.717) is 12.0 Å². The molecule has 0 aliphatic carbocycles. The average molecular weight is 239 g/mol. The molecule has 0 aromatic carbocycles. The Morgan fingerprint density at radius 2 is 1.59 bits per heavy atom. The maximum absolute atomic E-state index is 6.14. The van der Waals surface area contributed by atoms with E-state index >= 15 is 0 Å². The Morgan fingerprint density at radius 3 is 2.18 bits per heavy atom. The lowest BCUT2D eigenvalue weighted by Crippen LogP contribution is -2.20. The Bertz CT molecular complexity index is 165. The van der Waals surface area contributed by atoms with E-state index in [9.17, 15) is 0 Å². The summed E-state index contributed by atoms with van der Waals surface area (Å²) in [6.07, 6.45) is 15.1. The summed E-state index contributed by atoms with van der Waals surface area (Å²) in [5, 5.41) is 0. The highest BCUT2D eigenvalue weighted by molar-refractivity contribution is 4.79. The minimum atomic E-state index is 0.412. The topological polar surface area (TPSA) is 26.0 Å². The fraction of sp³-hybridized carbons (Fsp3) is 0.875. The Kier molecular flexibility index (Phi) is 12.0. The second-order valence-electron chi connectivity index (χ2n) is 5.30. The smallest absolute Gasteiger partial charge is 0.00390 e. The molecule has 1 heteroatoms. The SMILES string of the molecule is C=CC(CC)CC[C@@H](N)CCCCCCCC. The number of allylic oxidation sites excluding steroid dienone is 1. The molecule has 0 fully saturated rings. The van der Waals surface area contributed by atoms with Gasteiger partial charge in [0.05, 0.1) is 0 Å². The number of hydrogen-bond acceptors (Lipinski definition) is 1. The van der Waals surface area contributed by atoms with Crippen molar-refractivity contribution < 1.29 is 0 Å². The molecule has 0 amide bonds. The van der Waals surface area contributed by atoms with Gasteiger partial charge in [-0.05, 0) is 31.6 Å². The minimum absolute atomic E-state index is 0.412. The van der Waals surface area contributed by atoms with Crippen molar-refractivity contribution >= 4 is 0 Å². The van der Waals surface area contributed by atoms with Crippen LogP contribution in [-0.2, 0) is 0 Å². The third kappa shape index (κ3) is 10.6. The molecule has 17 heavy (non-hydrogen) atoms. The molecule has 0 radical (unpaired) electrons. The van der Waals surface area contributed by atoms with Crippen LogP contribution < -0.4 is 5.73 Å². The highest BCUT2D eigenvalue weighted by Gasteiger charge is 2.06. The highest BCUT2D eigenvalue weighted by atomic mass is 14.6. The molecule has 1 nitrogen and oxygen atoms in total. The molecule has 0 aromatic rings. The van der Waals surface area contributed by atoms with Gasteiger partial charge in [0.2, 0.25) is 0 Å². The summed E-state index contributed by atoms with van der Waals surface area (Å²) in [5.74, 6) is 0.672. The predicted molar refractivity (Wildman–Crippen MR) is 79.2 cm³/mol. The summed E-state index contributed by atoms with van der Waals surface area (Å²) >= 11 is 0. The first kappa shape index (κ1) is 16.7.